The maximum absolute atomic E-state index is 10.0. The van der Waals surface area contributed by atoms with Crippen LogP contribution in [0.3, 0.4) is 0 Å². The number of carbonyl (C=O) groups is 1. The van der Waals surface area contributed by atoms with Crippen LogP contribution < -0.4 is 0 Å². The van der Waals surface area contributed by atoms with E-state index >= 15 is 0 Å². The van der Waals surface area contributed by atoms with Crippen LogP contribution in [0.2, 0.25) is 0 Å². The number of hydrogen-bond donors (Lipinski definition) is 1. The first-order chi connectivity index (χ1) is 2.94. The zero-order chi connectivity index (χ0) is 6.08. The summed E-state index contributed by atoms with van der Waals surface area (Å²) in [6.45, 7) is 4.99. The predicted molar refractivity (Wildman–Crippen MR) is 27.1 cm³/mol. The van der Waals surface area contributed by atoms with Crippen LogP contribution in [0.1, 0.15) is 20.8 Å². The van der Waals surface area contributed by atoms with E-state index in [-0.39, 0.29) is 33.6 Å². The Morgan fingerprint density at radius 3 is 1.33 bits per heavy atom. The van der Waals surface area contributed by atoms with E-state index in [1.165, 1.54) is 0 Å². The molecule has 0 aliphatic heterocycles. The molecule has 0 heterocycles. The number of aliphatic carboxylic acids is 1. The summed E-state index contributed by atoms with van der Waals surface area (Å²) < 4.78 is 0. The predicted octanol–water partition coefficient (Wildman–Crippen LogP) is 1.11. The van der Waals surface area contributed by atoms with Gasteiger partial charge in [-0.25, -0.2) is 0 Å². The van der Waals surface area contributed by atoms with E-state index in [0.29, 0.717) is 0 Å². The third kappa shape index (κ3) is 8.48. The van der Waals surface area contributed by atoms with E-state index in [9.17, 15) is 4.79 Å². The smallest absolute Gasteiger partial charge is 0.308 e. The minimum Gasteiger partial charge on any atom is -0.481 e. The van der Waals surface area contributed by atoms with Crippen molar-refractivity contribution in [3.63, 3.8) is 0 Å². The molecule has 0 atom stereocenters. The Hall–Kier alpha value is 0.483. The van der Waals surface area contributed by atoms with Gasteiger partial charge < -0.3 is 5.11 Å². The SMILES string of the molecule is CC(C)(C)C(=O)O.[Co].[Co]. The Morgan fingerprint density at radius 1 is 1.22 bits per heavy atom. The molecule has 4 heteroatoms. The van der Waals surface area contributed by atoms with Crippen molar-refractivity contribution >= 4 is 5.97 Å². The second-order valence-corrected chi connectivity index (χ2v) is 2.56. The molecule has 0 bridgehead atoms. The molecule has 0 aromatic carbocycles. The van der Waals surface area contributed by atoms with E-state index < -0.39 is 11.4 Å². The van der Waals surface area contributed by atoms with Gasteiger partial charge in [0, 0.05) is 33.6 Å². The second-order valence-electron chi connectivity index (χ2n) is 2.56. The number of carboxylic acids is 1. The molecule has 0 rings (SSSR count). The van der Waals surface area contributed by atoms with Gasteiger partial charge in [-0.05, 0) is 20.8 Å². The Balaban J connectivity index is -0.000000180. The zero-order valence-corrected chi connectivity index (χ0v) is 7.60. The summed E-state index contributed by atoms with van der Waals surface area (Å²) >= 11 is 0. The third-order valence-electron chi connectivity index (χ3n) is 0.642. The number of rotatable bonds is 0. The summed E-state index contributed by atoms with van der Waals surface area (Å²) in [5.41, 5.74) is -0.583. The van der Waals surface area contributed by atoms with Crippen LogP contribution in [-0.4, -0.2) is 11.1 Å². The molecule has 0 saturated carbocycles. The van der Waals surface area contributed by atoms with Gasteiger partial charge in [-0.15, -0.1) is 0 Å². The first-order valence-corrected chi connectivity index (χ1v) is 2.18. The van der Waals surface area contributed by atoms with Crippen LogP contribution in [0.5, 0.6) is 0 Å². The number of carboxylic acid groups (broad SMARTS) is 1. The second kappa shape index (κ2) is 5.28. The van der Waals surface area contributed by atoms with Crippen LogP contribution in [0.25, 0.3) is 0 Å². The summed E-state index contributed by atoms with van der Waals surface area (Å²) in [4.78, 5) is 10.0. The molecule has 0 aliphatic carbocycles. The molecule has 0 aliphatic rings. The largest absolute Gasteiger partial charge is 0.481 e. The molecule has 0 aromatic rings. The van der Waals surface area contributed by atoms with E-state index in [4.69, 9.17) is 5.11 Å². The molecular formula is C5H10Co2O2. The number of hydrogen-bond acceptors (Lipinski definition) is 1. The van der Waals surface area contributed by atoms with Gasteiger partial charge in [0.1, 0.15) is 0 Å². The molecule has 2 nitrogen and oxygen atoms in total. The zero-order valence-electron chi connectivity index (χ0n) is 5.52. The normalized spacial score (nSPS) is 8.78. The molecule has 0 amide bonds. The summed E-state index contributed by atoms with van der Waals surface area (Å²) in [5.74, 6) is -0.757. The van der Waals surface area contributed by atoms with Crippen molar-refractivity contribution in [2.45, 2.75) is 20.8 Å². The Bertz CT molecular complexity index is 85.4. The molecular weight excluding hydrogens is 210 g/mol. The fourth-order valence-electron chi connectivity index (χ4n) is 0. The van der Waals surface area contributed by atoms with Crippen molar-refractivity contribution in [2.24, 2.45) is 5.41 Å². The van der Waals surface area contributed by atoms with E-state index in [0.717, 1.165) is 0 Å². The van der Waals surface area contributed by atoms with E-state index in [1.807, 2.05) is 0 Å². The van der Waals surface area contributed by atoms with E-state index in [1.54, 1.807) is 20.8 Å². The van der Waals surface area contributed by atoms with Crippen molar-refractivity contribution in [2.75, 3.05) is 0 Å². The molecule has 0 fully saturated rings. The van der Waals surface area contributed by atoms with Gasteiger partial charge >= 0.3 is 5.97 Å². The summed E-state index contributed by atoms with van der Waals surface area (Å²) in [6.07, 6.45) is 0. The van der Waals surface area contributed by atoms with Crippen LogP contribution in [-0.2, 0) is 38.4 Å². The molecule has 0 spiro atoms. The maximum atomic E-state index is 10.0. The van der Waals surface area contributed by atoms with Crippen LogP contribution in [0, 0.1) is 5.41 Å². The maximum Gasteiger partial charge on any atom is 0.308 e. The third-order valence-corrected chi connectivity index (χ3v) is 0.642. The summed E-state index contributed by atoms with van der Waals surface area (Å²) in [7, 11) is 0. The Kier molecular flexibility index (Phi) is 9.53. The summed E-state index contributed by atoms with van der Waals surface area (Å²) in [5, 5.41) is 8.25. The van der Waals surface area contributed by atoms with Gasteiger partial charge in [0.15, 0.2) is 0 Å². The van der Waals surface area contributed by atoms with Crippen molar-refractivity contribution in [1.29, 1.82) is 0 Å². The van der Waals surface area contributed by atoms with Crippen LogP contribution in [0.15, 0.2) is 0 Å². The average molecular weight is 220 g/mol. The van der Waals surface area contributed by atoms with Gasteiger partial charge in [0.05, 0.1) is 5.41 Å². The fourth-order valence-corrected chi connectivity index (χ4v) is 0. The topological polar surface area (TPSA) is 37.3 Å². The standard InChI is InChI=1S/C5H10O2.2Co/c1-5(2,3)4(6)7;;/h1-3H3,(H,6,7);;. The molecule has 2 radical (unpaired) electrons. The molecule has 0 aromatic heterocycles. The van der Waals surface area contributed by atoms with Gasteiger partial charge in [-0.3, -0.25) is 4.79 Å². The van der Waals surface area contributed by atoms with Crippen molar-refractivity contribution in [3.05, 3.63) is 0 Å². The quantitative estimate of drug-likeness (QED) is 0.663. The van der Waals surface area contributed by atoms with Crippen LogP contribution in [0.4, 0.5) is 0 Å². The molecule has 9 heavy (non-hydrogen) atoms. The Labute approximate surface area is 75.8 Å². The fraction of sp³-hybridized carbons (Fsp3) is 0.800. The molecule has 60 valence electrons. The molecule has 0 unspecified atom stereocenters. The van der Waals surface area contributed by atoms with Gasteiger partial charge in [0.25, 0.3) is 0 Å². The van der Waals surface area contributed by atoms with Crippen molar-refractivity contribution in [3.8, 4) is 0 Å². The first kappa shape index (κ1) is 16.2. The average Bonchev–Trinajstić information content (AvgIpc) is 1.31. The van der Waals surface area contributed by atoms with Crippen LogP contribution >= 0.6 is 0 Å². The van der Waals surface area contributed by atoms with E-state index in [2.05, 4.69) is 0 Å². The monoisotopic (exact) mass is 220 g/mol. The molecule has 1 N–H and O–H groups in total. The summed E-state index contributed by atoms with van der Waals surface area (Å²) in [6, 6.07) is 0. The van der Waals surface area contributed by atoms with Gasteiger partial charge in [-0.1, -0.05) is 0 Å². The molecule has 0 saturated heterocycles. The minimum atomic E-state index is -0.757. The Morgan fingerprint density at radius 2 is 1.33 bits per heavy atom. The van der Waals surface area contributed by atoms with Gasteiger partial charge in [-0.2, -0.15) is 0 Å². The van der Waals surface area contributed by atoms with Crippen molar-refractivity contribution in [1.82, 2.24) is 0 Å². The van der Waals surface area contributed by atoms with Gasteiger partial charge in [0.2, 0.25) is 0 Å². The first-order valence-electron chi connectivity index (χ1n) is 2.18. The minimum absolute atomic E-state index is 0. The van der Waals surface area contributed by atoms with Crippen molar-refractivity contribution < 1.29 is 43.5 Å².